The molecule has 15 heavy (non-hydrogen) atoms. The van der Waals surface area contributed by atoms with E-state index in [4.69, 9.17) is 10.5 Å². The van der Waals surface area contributed by atoms with E-state index in [9.17, 15) is 4.79 Å². The summed E-state index contributed by atoms with van der Waals surface area (Å²) in [4.78, 5) is 13.5. The summed E-state index contributed by atoms with van der Waals surface area (Å²) in [6.07, 6.45) is 0.229. The summed E-state index contributed by atoms with van der Waals surface area (Å²) in [6, 6.07) is 0. The summed E-state index contributed by atoms with van der Waals surface area (Å²) >= 11 is 0. The van der Waals surface area contributed by atoms with E-state index in [0.717, 1.165) is 19.7 Å². The molecule has 5 nitrogen and oxygen atoms in total. The number of ether oxygens (including phenoxy) is 1. The lowest BCUT2D eigenvalue weighted by molar-refractivity contribution is -0.125. The monoisotopic (exact) mass is 215 g/mol. The first-order chi connectivity index (χ1) is 6.98. The lowest BCUT2D eigenvalue weighted by Crippen LogP contribution is -2.60. The van der Waals surface area contributed by atoms with Gasteiger partial charge in [0.2, 0.25) is 5.91 Å². The van der Waals surface area contributed by atoms with E-state index in [2.05, 4.69) is 10.2 Å². The number of nitrogens with zero attached hydrogens (tertiary/aromatic N) is 1. The van der Waals surface area contributed by atoms with Crippen molar-refractivity contribution in [1.29, 1.82) is 0 Å². The van der Waals surface area contributed by atoms with E-state index in [1.165, 1.54) is 0 Å². The van der Waals surface area contributed by atoms with Crippen LogP contribution in [-0.2, 0) is 9.53 Å². The van der Waals surface area contributed by atoms with Gasteiger partial charge in [0.05, 0.1) is 12.7 Å². The standard InChI is InChI=1S/C10H21N3O2/c1-8-6-13(4-5-15-8)7-10(2,12-3)9(11)14/h8,12H,4-7H2,1-3H3,(H2,11,14). The van der Waals surface area contributed by atoms with Crippen molar-refractivity contribution in [3.05, 3.63) is 0 Å². The van der Waals surface area contributed by atoms with Crippen LogP contribution in [0.3, 0.4) is 0 Å². The van der Waals surface area contributed by atoms with E-state index in [-0.39, 0.29) is 12.0 Å². The zero-order chi connectivity index (χ0) is 11.5. The van der Waals surface area contributed by atoms with Crippen molar-refractivity contribution in [2.75, 3.05) is 33.3 Å². The molecule has 0 aromatic rings. The number of hydrogen-bond acceptors (Lipinski definition) is 4. The lowest BCUT2D eigenvalue weighted by atomic mass is 10.0. The van der Waals surface area contributed by atoms with Gasteiger partial charge in [-0.15, -0.1) is 0 Å². The molecule has 0 aromatic heterocycles. The molecule has 3 N–H and O–H groups in total. The molecule has 1 aliphatic heterocycles. The highest BCUT2D eigenvalue weighted by Crippen LogP contribution is 2.10. The molecule has 0 aromatic carbocycles. The molecule has 1 fully saturated rings. The van der Waals surface area contributed by atoms with Gasteiger partial charge in [0, 0.05) is 19.6 Å². The van der Waals surface area contributed by atoms with Crippen LogP contribution < -0.4 is 11.1 Å². The fourth-order valence-corrected chi connectivity index (χ4v) is 1.76. The molecule has 2 unspecified atom stereocenters. The smallest absolute Gasteiger partial charge is 0.238 e. The Morgan fingerprint density at radius 3 is 2.87 bits per heavy atom. The Kier molecular flexibility index (Phi) is 4.07. The average Bonchev–Trinajstić information content (AvgIpc) is 2.17. The van der Waals surface area contributed by atoms with Gasteiger partial charge in [-0.25, -0.2) is 0 Å². The van der Waals surface area contributed by atoms with Crippen molar-refractivity contribution in [3.8, 4) is 0 Å². The maximum absolute atomic E-state index is 11.3. The largest absolute Gasteiger partial charge is 0.376 e. The summed E-state index contributed by atoms with van der Waals surface area (Å²) in [7, 11) is 1.76. The average molecular weight is 215 g/mol. The van der Waals surface area contributed by atoms with Crippen molar-refractivity contribution in [3.63, 3.8) is 0 Å². The Bertz CT molecular complexity index is 235. The van der Waals surface area contributed by atoms with E-state index in [1.807, 2.05) is 13.8 Å². The first-order valence-corrected chi connectivity index (χ1v) is 5.31. The van der Waals surface area contributed by atoms with Crippen LogP contribution in [0, 0.1) is 0 Å². The van der Waals surface area contributed by atoms with Crippen molar-refractivity contribution in [1.82, 2.24) is 10.2 Å². The molecule has 1 heterocycles. The predicted octanol–water partition coefficient (Wildman–Crippen LogP) is -0.829. The minimum absolute atomic E-state index is 0.229. The highest BCUT2D eigenvalue weighted by Gasteiger charge is 2.32. The molecule has 1 amide bonds. The van der Waals surface area contributed by atoms with E-state index < -0.39 is 5.54 Å². The summed E-state index contributed by atoms with van der Waals surface area (Å²) in [5.41, 5.74) is 4.72. The molecule has 1 rings (SSSR count). The third-order valence-electron chi connectivity index (χ3n) is 2.96. The number of amides is 1. The summed E-state index contributed by atoms with van der Waals surface area (Å²) < 4.78 is 5.44. The SMILES string of the molecule is CNC(C)(CN1CCOC(C)C1)C(N)=O. The van der Waals surface area contributed by atoms with E-state index >= 15 is 0 Å². The fraction of sp³-hybridized carbons (Fsp3) is 0.900. The Labute approximate surface area is 90.9 Å². The predicted molar refractivity (Wildman–Crippen MR) is 58.5 cm³/mol. The molecule has 0 bridgehead atoms. The van der Waals surface area contributed by atoms with Gasteiger partial charge in [-0.3, -0.25) is 9.69 Å². The van der Waals surface area contributed by atoms with Crippen molar-refractivity contribution >= 4 is 5.91 Å². The molecule has 5 heteroatoms. The summed E-state index contributed by atoms with van der Waals surface area (Å²) in [5, 5.41) is 2.98. The van der Waals surface area contributed by atoms with Gasteiger partial charge < -0.3 is 15.8 Å². The van der Waals surface area contributed by atoms with Gasteiger partial charge in [-0.1, -0.05) is 0 Å². The topological polar surface area (TPSA) is 67.6 Å². The van der Waals surface area contributed by atoms with Crippen LogP contribution in [0.4, 0.5) is 0 Å². The second kappa shape index (κ2) is 4.92. The first-order valence-electron chi connectivity index (χ1n) is 5.31. The molecule has 0 radical (unpaired) electrons. The molecule has 88 valence electrons. The third-order valence-corrected chi connectivity index (χ3v) is 2.96. The van der Waals surface area contributed by atoms with Crippen LogP contribution in [0.1, 0.15) is 13.8 Å². The van der Waals surface area contributed by atoms with Gasteiger partial charge in [0.15, 0.2) is 0 Å². The third kappa shape index (κ3) is 3.15. The number of hydrogen-bond donors (Lipinski definition) is 2. The molecule has 1 saturated heterocycles. The second-order valence-corrected chi connectivity index (χ2v) is 4.36. The van der Waals surface area contributed by atoms with Gasteiger partial charge >= 0.3 is 0 Å². The Hall–Kier alpha value is -0.650. The Balaban J connectivity index is 2.54. The zero-order valence-electron chi connectivity index (χ0n) is 9.75. The number of rotatable bonds is 4. The van der Waals surface area contributed by atoms with Gasteiger partial charge in [-0.2, -0.15) is 0 Å². The van der Waals surface area contributed by atoms with Crippen LogP contribution in [0.15, 0.2) is 0 Å². The summed E-state index contributed by atoms with van der Waals surface area (Å²) in [5.74, 6) is -0.316. The van der Waals surface area contributed by atoms with Gasteiger partial charge in [0.25, 0.3) is 0 Å². The van der Waals surface area contributed by atoms with Crippen molar-refractivity contribution < 1.29 is 9.53 Å². The molecule has 2 atom stereocenters. The molecular formula is C10H21N3O2. The highest BCUT2D eigenvalue weighted by atomic mass is 16.5. The quantitative estimate of drug-likeness (QED) is 0.642. The Morgan fingerprint density at radius 1 is 1.73 bits per heavy atom. The first kappa shape index (κ1) is 12.4. The molecule has 1 aliphatic rings. The maximum Gasteiger partial charge on any atom is 0.238 e. The Morgan fingerprint density at radius 2 is 2.40 bits per heavy atom. The zero-order valence-corrected chi connectivity index (χ0v) is 9.75. The molecule has 0 saturated carbocycles. The highest BCUT2D eigenvalue weighted by molar-refractivity contribution is 5.84. The fourth-order valence-electron chi connectivity index (χ4n) is 1.76. The van der Waals surface area contributed by atoms with Crippen LogP contribution in [-0.4, -0.2) is 55.7 Å². The second-order valence-electron chi connectivity index (χ2n) is 4.36. The van der Waals surface area contributed by atoms with Crippen LogP contribution in [0.5, 0.6) is 0 Å². The number of nitrogens with two attached hydrogens (primary N) is 1. The van der Waals surface area contributed by atoms with E-state index in [0.29, 0.717) is 6.54 Å². The number of morpholine rings is 1. The number of nitrogens with one attached hydrogen (secondary N) is 1. The molecule has 0 aliphatic carbocycles. The van der Waals surface area contributed by atoms with E-state index in [1.54, 1.807) is 7.05 Å². The van der Waals surface area contributed by atoms with Crippen molar-refractivity contribution in [2.24, 2.45) is 5.73 Å². The van der Waals surface area contributed by atoms with Crippen molar-refractivity contribution in [2.45, 2.75) is 25.5 Å². The molecule has 0 spiro atoms. The van der Waals surface area contributed by atoms with Crippen LogP contribution in [0.25, 0.3) is 0 Å². The summed E-state index contributed by atoms with van der Waals surface area (Å²) in [6.45, 7) is 6.92. The number of primary amides is 1. The van der Waals surface area contributed by atoms with Gasteiger partial charge in [0.1, 0.15) is 5.54 Å². The molecular weight excluding hydrogens is 194 g/mol. The van der Waals surface area contributed by atoms with Crippen LogP contribution in [0.2, 0.25) is 0 Å². The number of carbonyl (C=O) groups excluding carboxylic acids is 1. The van der Waals surface area contributed by atoms with Crippen LogP contribution >= 0.6 is 0 Å². The number of likely N-dealkylation sites (N-methyl/N-ethyl adjacent to an activating group) is 1. The minimum atomic E-state index is -0.656. The lowest BCUT2D eigenvalue weighted by Gasteiger charge is -2.37. The normalized spacial score (nSPS) is 27.3. The number of carbonyl (C=O) groups is 1. The minimum Gasteiger partial charge on any atom is -0.376 e. The van der Waals surface area contributed by atoms with Gasteiger partial charge in [-0.05, 0) is 20.9 Å². The maximum atomic E-state index is 11.3.